The Kier molecular flexibility index (Phi) is 7.41. The predicted molar refractivity (Wildman–Crippen MR) is 79.9 cm³/mol. The molecule has 2 unspecified atom stereocenters. The quantitative estimate of drug-likeness (QED) is 0.702. The van der Waals surface area contributed by atoms with Crippen molar-refractivity contribution in [3.63, 3.8) is 0 Å². The van der Waals surface area contributed by atoms with E-state index in [1.54, 1.807) is 0 Å². The van der Waals surface area contributed by atoms with Crippen LogP contribution in [0.2, 0.25) is 0 Å². The topological polar surface area (TPSA) is 35.5 Å². The lowest BCUT2D eigenvalue weighted by Crippen LogP contribution is -2.46. The second kappa shape index (κ2) is 7.46. The second-order valence-corrected chi connectivity index (χ2v) is 6.88. The van der Waals surface area contributed by atoms with E-state index in [-0.39, 0.29) is 12.1 Å². The molecule has 0 fully saturated rings. The maximum absolute atomic E-state index is 9.44. The van der Waals surface area contributed by atoms with Crippen molar-refractivity contribution in [2.45, 2.75) is 66.0 Å². The molecule has 0 aromatic carbocycles. The molecular weight excluding hydrogens is 224 g/mol. The maximum atomic E-state index is 9.44. The Hall–Kier alpha value is -0.120. The maximum Gasteiger partial charge on any atom is 0.0610 e. The zero-order valence-corrected chi connectivity index (χ0v) is 13.5. The van der Waals surface area contributed by atoms with Crippen molar-refractivity contribution in [1.29, 1.82) is 0 Å². The molecule has 0 aliphatic carbocycles. The first-order valence-corrected chi connectivity index (χ1v) is 7.22. The van der Waals surface area contributed by atoms with Crippen LogP contribution in [0.5, 0.6) is 0 Å². The molecule has 0 rings (SSSR count). The van der Waals surface area contributed by atoms with Crippen LogP contribution in [-0.4, -0.2) is 48.3 Å². The molecule has 0 aliphatic heterocycles. The minimum Gasteiger partial charge on any atom is -0.394 e. The average molecular weight is 258 g/mol. The van der Waals surface area contributed by atoms with Gasteiger partial charge in [0.1, 0.15) is 0 Å². The zero-order chi connectivity index (χ0) is 14.4. The van der Waals surface area contributed by atoms with Gasteiger partial charge in [-0.1, -0.05) is 27.7 Å². The van der Waals surface area contributed by atoms with Crippen LogP contribution >= 0.6 is 0 Å². The molecule has 0 amide bonds. The molecule has 3 heteroatoms. The Morgan fingerprint density at radius 3 is 2.17 bits per heavy atom. The summed E-state index contributed by atoms with van der Waals surface area (Å²) in [5.74, 6) is 0. The summed E-state index contributed by atoms with van der Waals surface area (Å²) >= 11 is 0. The van der Waals surface area contributed by atoms with Crippen molar-refractivity contribution in [3.05, 3.63) is 0 Å². The van der Waals surface area contributed by atoms with Gasteiger partial charge in [-0.15, -0.1) is 0 Å². The molecular formula is C15H34N2O. The average Bonchev–Trinajstić information content (AvgIpc) is 2.27. The van der Waals surface area contributed by atoms with Gasteiger partial charge in [-0.2, -0.15) is 0 Å². The van der Waals surface area contributed by atoms with E-state index >= 15 is 0 Å². The Bertz CT molecular complexity index is 225. The molecule has 0 radical (unpaired) electrons. The number of hydrogen-bond acceptors (Lipinski definition) is 3. The summed E-state index contributed by atoms with van der Waals surface area (Å²) in [7, 11) is 2.19. The van der Waals surface area contributed by atoms with E-state index in [1.807, 2.05) is 0 Å². The van der Waals surface area contributed by atoms with Crippen LogP contribution in [0.25, 0.3) is 0 Å². The third-order valence-electron chi connectivity index (χ3n) is 4.11. The Balaban J connectivity index is 4.11. The smallest absolute Gasteiger partial charge is 0.0610 e. The normalized spacial score (nSPS) is 17.8. The van der Waals surface area contributed by atoms with E-state index < -0.39 is 0 Å². The fraction of sp³-hybridized carbons (Fsp3) is 1.00. The first kappa shape index (κ1) is 17.9. The van der Waals surface area contributed by atoms with E-state index in [0.717, 1.165) is 25.9 Å². The Morgan fingerprint density at radius 1 is 1.22 bits per heavy atom. The Morgan fingerprint density at radius 2 is 1.78 bits per heavy atom. The molecule has 0 spiro atoms. The molecule has 0 saturated heterocycles. The fourth-order valence-corrected chi connectivity index (χ4v) is 2.22. The molecule has 3 nitrogen and oxygen atoms in total. The van der Waals surface area contributed by atoms with Crippen LogP contribution in [0, 0.1) is 5.41 Å². The number of hydrogen-bond donors (Lipinski definition) is 2. The highest BCUT2D eigenvalue weighted by Crippen LogP contribution is 2.23. The summed E-state index contributed by atoms with van der Waals surface area (Å²) in [5.41, 5.74) is 0.192. The van der Waals surface area contributed by atoms with Crippen molar-refractivity contribution in [2.24, 2.45) is 5.41 Å². The van der Waals surface area contributed by atoms with E-state index in [9.17, 15) is 5.11 Å². The lowest BCUT2D eigenvalue weighted by molar-refractivity contribution is 0.125. The molecule has 2 N–H and O–H groups in total. The lowest BCUT2D eigenvalue weighted by atomic mass is 9.87. The van der Waals surface area contributed by atoms with Gasteiger partial charge in [0.15, 0.2) is 0 Å². The molecule has 18 heavy (non-hydrogen) atoms. The summed E-state index contributed by atoms with van der Waals surface area (Å²) in [6, 6.07) is 0.567. The van der Waals surface area contributed by atoms with Gasteiger partial charge in [-0.3, -0.25) is 0 Å². The number of aliphatic hydroxyl groups excluding tert-OH is 1. The molecule has 0 aromatic rings. The Labute approximate surface area is 114 Å². The van der Waals surface area contributed by atoms with Gasteiger partial charge in [0.25, 0.3) is 0 Å². The van der Waals surface area contributed by atoms with Crippen LogP contribution in [0.3, 0.4) is 0 Å². The van der Waals surface area contributed by atoms with E-state index in [4.69, 9.17) is 0 Å². The largest absolute Gasteiger partial charge is 0.394 e. The highest BCUT2D eigenvalue weighted by Gasteiger charge is 2.25. The minimum absolute atomic E-state index is 0.124. The monoisotopic (exact) mass is 258 g/mol. The van der Waals surface area contributed by atoms with Crippen molar-refractivity contribution in [2.75, 3.05) is 26.7 Å². The fourth-order valence-electron chi connectivity index (χ4n) is 2.22. The lowest BCUT2D eigenvalue weighted by Gasteiger charge is -2.36. The van der Waals surface area contributed by atoms with Gasteiger partial charge in [-0.25, -0.2) is 0 Å². The molecule has 0 aromatic heterocycles. The van der Waals surface area contributed by atoms with Crippen LogP contribution in [0.1, 0.15) is 54.4 Å². The van der Waals surface area contributed by atoms with Gasteiger partial charge in [0, 0.05) is 11.6 Å². The molecule has 0 aliphatic rings. The van der Waals surface area contributed by atoms with E-state index in [1.165, 1.54) is 0 Å². The zero-order valence-electron chi connectivity index (χ0n) is 13.5. The molecule has 0 bridgehead atoms. The summed E-state index contributed by atoms with van der Waals surface area (Å²) in [6.45, 7) is 15.5. The highest BCUT2D eigenvalue weighted by atomic mass is 16.3. The molecule has 2 atom stereocenters. The number of likely N-dealkylation sites (N-methyl/N-ethyl adjacent to an activating group) is 1. The van der Waals surface area contributed by atoms with Gasteiger partial charge >= 0.3 is 0 Å². The van der Waals surface area contributed by atoms with Gasteiger partial charge in [0.05, 0.1) is 6.61 Å². The summed E-state index contributed by atoms with van der Waals surface area (Å²) in [4.78, 5) is 2.42. The molecule has 0 heterocycles. The first-order chi connectivity index (χ1) is 8.16. The summed E-state index contributed by atoms with van der Waals surface area (Å²) < 4.78 is 0. The number of aliphatic hydroxyl groups is 1. The molecule has 0 saturated carbocycles. The number of nitrogens with zero attached hydrogens (tertiary/aromatic N) is 1. The second-order valence-electron chi connectivity index (χ2n) is 6.88. The van der Waals surface area contributed by atoms with Gasteiger partial charge in [-0.05, 0) is 52.2 Å². The highest BCUT2D eigenvalue weighted by molar-refractivity contribution is 4.83. The summed E-state index contributed by atoms with van der Waals surface area (Å²) in [5, 5.41) is 12.8. The van der Waals surface area contributed by atoms with Crippen LogP contribution in [0.4, 0.5) is 0 Å². The van der Waals surface area contributed by atoms with Crippen LogP contribution in [0.15, 0.2) is 0 Å². The summed E-state index contributed by atoms with van der Waals surface area (Å²) in [6.07, 6.45) is 2.12. The number of rotatable bonds is 8. The van der Waals surface area contributed by atoms with Crippen molar-refractivity contribution in [1.82, 2.24) is 10.2 Å². The third-order valence-corrected chi connectivity index (χ3v) is 4.11. The van der Waals surface area contributed by atoms with Crippen molar-refractivity contribution < 1.29 is 5.11 Å². The third kappa shape index (κ3) is 6.17. The van der Waals surface area contributed by atoms with Crippen molar-refractivity contribution in [3.8, 4) is 0 Å². The van der Waals surface area contributed by atoms with E-state index in [2.05, 4.69) is 58.8 Å². The standard InChI is InChI=1S/C15H34N2O/c1-8-16-15(6,12-18)10-9-11-17(7)13(2)14(3,4)5/h13,16,18H,8-12H2,1-7H3. The number of nitrogens with one attached hydrogen (secondary N) is 1. The van der Waals surface area contributed by atoms with E-state index in [0.29, 0.717) is 11.5 Å². The van der Waals surface area contributed by atoms with Crippen LogP contribution in [-0.2, 0) is 0 Å². The predicted octanol–water partition coefficient (Wildman–Crippen LogP) is 2.49. The van der Waals surface area contributed by atoms with Gasteiger partial charge < -0.3 is 15.3 Å². The van der Waals surface area contributed by atoms with Crippen molar-refractivity contribution >= 4 is 0 Å². The molecule has 110 valence electrons. The minimum atomic E-state index is -0.124. The SMILES string of the molecule is CCNC(C)(CO)CCCN(C)C(C)C(C)(C)C. The van der Waals surface area contributed by atoms with Crippen LogP contribution < -0.4 is 5.32 Å². The van der Waals surface area contributed by atoms with Gasteiger partial charge in [0.2, 0.25) is 0 Å². The first-order valence-electron chi connectivity index (χ1n) is 7.22.